The molecule has 0 spiro atoms. The molecule has 0 radical (unpaired) electrons. The molecule has 3 nitrogen and oxygen atoms in total. The maximum atomic E-state index is 9.51. The van der Waals surface area contributed by atoms with Crippen LogP contribution in [0.25, 0.3) is 0 Å². The number of ether oxygens (including phenoxy) is 1. The Labute approximate surface area is 106 Å². The molecule has 1 saturated carbocycles. The van der Waals surface area contributed by atoms with E-state index in [1.54, 1.807) is 7.11 Å². The lowest BCUT2D eigenvalue weighted by atomic mass is 9.75. The topological polar surface area (TPSA) is 41.5 Å². The molecule has 0 saturated heterocycles. The highest BCUT2D eigenvalue weighted by Crippen LogP contribution is 2.34. The van der Waals surface area contributed by atoms with Crippen LogP contribution < -0.4 is 5.32 Å². The first-order chi connectivity index (χ1) is 8.27. The van der Waals surface area contributed by atoms with E-state index in [1.807, 2.05) is 0 Å². The van der Waals surface area contributed by atoms with Gasteiger partial charge in [-0.1, -0.05) is 26.2 Å². The second kappa shape index (κ2) is 8.90. The second-order valence-corrected chi connectivity index (χ2v) is 5.51. The predicted molar refractivity (Wildman–Crippen MR) is 71.1 cm³/mol. The van der Waals surface area contributed by atoms with Crippen LogP contribution in [0.1, 0.15) is 39.0 Å². The third kappa shape index (κ3) is 5.84. The van der Waals surface area contributed by atoms with Gasteiger partial charge < -0.3 is 15.2 Å². The Hall–Kier alpha value is -0.120. The first-order valence-corrected chi connectivity index (χ1v) is 7.08. The van der Waals surface area contributed by atoms with Crippen molar-refractivity contribution < 1.29 is 9.84 Å². The zero-order chi connectivity index (χ0) is 12.5. The summed E-state index contributed by atoms with van der Waals surface area (Å²) in [5.74, 6) is 2.09. The Balaban J connectivity index is 2.18. The van der Waals surface area contributed by atoms with Crippen LogP contribution in [-0.4, -0.2) is 38.5 Å². The molecule has 102 valence electrons. The SMILES string of the molecule is COCCNCCC(CO)C1CCCC(C)C1. The standard InChI is InChI=1S/C14H29NO2/c1-12-4-3-5-13(10-12)14(11-16)6-7-15-8-9-17-2/h12-16H,3-11H2,1-2H3. The molecule has 2 N–H and O–H groups in total. The van der Waals surface area contributed by atoms with Crippen molar-refractivity contribution in [2.75, 3.05) is 33.4 Å². The van der Waals surface area contributed by atoms with Gasteiger partial charge in [-0.3, -0.25) is 0 Å². The summed E-state index contributed by atoms with van der Waals surface area (Å²) in [6.45, 7) is 5.38. The maximum Gasteiger partial charge on any atom is 0.0587 e. The van der Waals surface area contributed by atoms with Crippen molar-refractivity contribution in [3.63, 3.8) is 0 Å². The number of aliphatic hydroxyl groups is 1. The number of nitrogens with one attached hydrogen (secondary N) is 1. The second-order valence-electron chi connectivity index (χ2n) is 5.51. The Bertz CT molecular complexity index is 187. The average Bonchev–Trinajstić information content (AvgIpc) is 2.34. The molecule has 17 heavy (non-hydrogen) atoms. The number of hydrogen-bond acceptors (Lipinski definition) is 3. The molecule has 0 aromatic carbocycles. The summed E-state index contributed by atoms with van der Waals surface area (Å²) < 4.78 is 4.99. The molecule has 3 atom stereocenters. The number of methoxy groups -OCH3 is 1. The fourth-order valence-electron chi connectivity index (χ4n) is 2.97. The van der Waals surface area contributed by atoms with Gasteiger partial charge in [0.25, 0.3) is 0 Å². The minimum absolute atomic E-state index is 0.351. The quantitative estimate of drug-likeness (QED) is 0.641. The number of rotatable bonds is 8. The Morgan fingerprint density at radius 2 is 2.18 bits per heavy atom. The fourth-order valence-corrected chi connectivity index (χ4v) is 2.97. The Kier molecular flexibility index (Phi) is 7.82. The normalized spacial score (nSPS) is 27.0. The highest BCUT2D eigenvalue weighted by Gasteiger charge is 2.25. The summed E-state index contributed by atoms with van der Waals surface area (Å²) in [5, 5.41) is 12.9. The molecule has 0 aromatic rings. The Morgan fingerprint density at radius 3 is 2.82 bits per heavy atom. The molecular weight excluding hydrogens is 214 g/mol. The van der Waals surface area contributed by atoms with Crippen molar-refractivity contribution in [2.24, 2.45) is 17.8 Å². The smallest absolute Gasteiger partial charge is 0.0587 e. The monoisotopic (exact) mass is 243 g/mol. The lowest BCUT2D eigenvalue weighted by molar-refractivity contribution is 0.122. The van der Waals surface area contributed by atoms with Crippen LogP contribution in [0.3, 0.4) is 0 Å². The summed E-state index contributed by atoms with van der Waals surface area (Å²) in [7, 11) is 1.72. The molecule has 3 unspecified atom stereocenters. The van der Waals surface area contributed by atoms with Gasteiger partial charge in [0.1, 0.15) is 0 Å². The molecule has 1 aliphatic carbocycles. The highest BCUT2D eigenvalue weighted by molar-refractivity contribution is 4.77. The summed E-state index contributed by atoms with van der Waals surface area (Å²) in [6, 6.07) is 0. The van der Waals surface area contributed by atoms with E-state index in [1.165, 1.54) is 25.7 Å². The van der Waals surface area contributed by atoms with E-state index in [2.05, 4.69) is 12.2 Å². The van der Waals surface area contributed by atoms with Crippen LogP contribution in [-0.2, 0) is 4.74 Å². The van der Waals surface area contributed by atoms with Gasteiger partial charge in [-0.25, -0.2) is 0 Å². The first kappa shape index (κ1) is 14.9. The predicted octanol–water partition coefficient (Wildman–Crippen LogP) is 2.05. The van der Waals surface area contributed by atoms with Gasteiger partial charge in [0.05, 0.1) is 6.61 Å². The molecule has 0 bridgehead atoms. The molecule has 1 rings (SSSR count). The third-order valence-corrected chi connectivity index (χ3v) is 4.05. The van der Waals surface area contributed by atoms with E-state index in [0.29, 0.717) is 12.5 Å². The van der Waals surface area contributed by atoms with Crippen molar-refractivity contribution >= 4 is 0 Å². The fraction of sp³-hybridized carbons (Fsp3) is 1.00. The lowest BCUT2D eigenvalue weighted by Gasteiger charge is -2.32. The van der Waals surface area contributed by atoms with Crippen LogP contribution >= 0.6 is 0 Å². The van der Waals surface area contributed by atoms with Gasteiger partial charge in [-0.05, 0) is 37.1 Å². The maximum absolute atomic E-state index is 9.51. The molecule has 0 aromatic heterocycles. The van der Waals surface area contributed by atoms with Crippen LogP contribution in [0.4, 0.5) is 0 Å². The number of aliphatic hydroxyl groups excluding tert-OH is 1. The zero-order valence-electron chi connectivity index (χ0n) is 11.5. The van der Waals surface area contributed by atoms with Gasteiger partial charge in [0.15, 0.2) is 0 Å². The molecular formula is C14H29NO2. The zero-order valence-corrected chi connectivity index (χ0v) is 11.5. The summed E-state index contributed by atoms with van der Waals surface area (Å²) in [6.07, 6.45) is 6.44. The van der Waals surface area contributed by atoms with E-state index >= 15 is 0 Å². The van der Waals surface area contributed by atoms with Crippen LogP contribution in [0, 0.1) is 17.8 Å². The molecule has 0 amide bonds. The van der Waals surface area contributed by atoms with Crippen molar-refractivity contribution in [3.8, 4) is 0 Å². The number of hydrogen-bond donors (Lipinski definition) is 2. The van der Waals surface area contributed by atoms with Crippen molar-refractivity contribution in [1.29, 1.82) is 0 Å². The van der Waals surface area contributed by atoms with Crippen LogP contribution in [0.15, 0.2) is 0 Å². The van der Waals surface area contributed by atoms with Gasteiger partial charge in [-0.15, -0.1) is 0 Å². The Morgan fingerprint density at radius 1 is 1.35 bits per heavy atom. The van der Waals surface area contributed by atoms with E-state index in [9.17, 15) is 5.11 Å². The van der Waals surface area contributed by atoms with Crippen LogP contribution in [0.5, 0.6) is 0 Å². The van der Waals surface area contributed by atoms with Gasteiger partial charge >= 0.3 is 0 Å². The van der Waals surface area contributed by atoms with Gasteiger partial charge in [0.2, 0.25) is 0 Å². The van der Waals surface area contributed by atoms with Crippen LogP contribution in [0.2, 0.25) is 0 Å². The molecule has 0 heterocycles. The van der Waals surface area contributed by atoms with Gasteiger partial charge in [-0.2, -0.15) is 0 Å². The van der Waals surface area contributed by atoms with Gasteiger partial charge in [0, 0.05) is 20.3 Å². The molecule has 1 fully saturated rings. The van der Waals surface area contributed by atoms with Crippen molar-refractivity contribution in [2.45, 2.75) is 39.0 Å². The summed E-state index contributed by atoms with van der Waals surface area (Å²) >= 11 is 0. The summed E-state index contributed by atoms with van der Waals surface area (Å²) in [4.78, 5) is 0. The van der Waals surface area contributed by atoms with Crippen molar-refractivity contribution in [3.05, 3.63) is 0 Å². The first-order valence-electron chi connectivity index (χ1n) is 7.08. The largest absolute Gasteiger partial charge is 0.396 e. The van der Waals surface area contributed by atoms with E-state index in [-0.39, 0.29) is 0 Å². The van der Waals surface area contributed by atoms with E-state index < -0.39 is 0 Å². The lowest BCUT2D eigenvalue weighted by Crippen LogP contribution is -2.29. The summed E-state index contributed by atoms with van der Waals surface area (Å²) in [5.41, 5.74) is 0. The van der Waals surface area contributed by atoms with Crippen molar-refractivity contribution in [1.82, 2.24) is 5.32 Å². The molecule has 0 aliphatic heterocycles. The minimum Gasteiger partial charge on any atom is -0.396 e. The van der Waals surface area contributed by atoms with E-state index in [4.69, 9.17) is 4.74 Å². The average molecular weight is 243 g/mol. The third-order valence-electron chi connectivity index (χ3n) is 4.05. The molecule has 1 aliphatic rings. The molecule has 3 heteroatoms. The highest BCUT2D eigenvalue weighted by atomic mass is 16.5. The minimum atomic E-state index is 0.351. The van der Waals surface area contributed by atoms with E-state index in [0.717, 1.165) is 38.0 Å².